The number of aryl methyl sites for hydroxylation is 6. The fraction of sp³-hybridized carbons (Fsp3) is 0.132. The van der Waals surface area contributed by atoms with E-state index in [1.807, 2.05) is 250 Å². The summed E-state index contributed by atoms with van der Waals surface area (Å²) in [5.74, 6) is 1.74. The van der Waals surface area contributed by atoms with Crippen molar-refractivity contribution in [1.29, 1.82) is 16.2 Å². The number of nitrogens with one attached hydrogen (secondary N) is 3. The standard InChI is InChI=1S/C20H19N6.C19H21N6.C19H19N6.C16H15ClFN4.C16H16FN4.C16H17N4/c1-25-11-8-19-17(14-25)12-23-26(19)13-15-2-4-16(5-3-15)20(21)24-18-6-9-22-10-7-18;2*1-23-11-8-18-24(12-13-25(18)23)14-15-2-4-16(5-3-15)19(20)22-17-6-9-21-10-7-17;1-21-5-2-3-15-14(21)4-6-22(15)9-11-12(17)7-10(16(19)20)8-13(11)18;1-20-7-2-3-15-14(20)6-8-21(15)10-12-5-4-11(16(18)19)9-13(12)17;1-19-9-2-3-15-14(19)8-10-20(15)11-12-4-6-13(7-5-12)16(17)18/h2-12,14H,13H2,1H3,(H2,21,22,24);2-11H,12-14H2,1H3,(H2,20,21,22);2-13H,14H2,1H3,(H2,20,21,22);2-8H,9H2,1H3,(H3,19,20);2-9H,10H2,1H3,(H3,18,19);2-10H,11H2,1H3,(H3,17,18)/q6*+1. The number of nitrogens with two attached hydrogens (primary N) is 6. The van der Waals surface area contributed by atoms with E-state index in [2.05, 4.69) is 178 Å². The second-order valence-corrected chi connectivity index (χ2v) is 33.8. The van der Waals surface area contributed by atoms with E-state index in [1.54, 1.807) is 49.3 Å². The van der Waals surface area contributed by atoms with Crippen LogP contribution in [0.15, 0.2) is 369 Å². The van der Waals surface area contributed by atoms with Crippen LogP contribution in [0.3, 0.4) is 0 Å². The number of aromatic nitrogens is 17. The zero-order valence-corrected chi connectivity index (χ0v) is 78.4. The molecule has 0 atom stereocenters. The molecule has 14 aromatic heterocycles. The number of imidazole rings is 1. The molecular formula is C106H107ClF2N30+6. The molecule has 1 aliphatic rings. The van der Waals surface area contributed by atoms with Gasteiger partial charge in [0.1, 0.15) is 104 Å². The Balaban J connectivity index is 0.000000121. The molecule has 21 rings (SSSR count). The molecular weight excluding hydrogens is 1770 g/mol. The molecule has 0 spiro atoms. The third-order valence-corrected chi connectivity index (χ3v) is 24.2. The summed E-state index contributed by atoms with van der Waals surface area (Å²) in [6.07, 6.45) is 36.4. The van der Waals surface area contributed by atoms with Crippen LogP contribution < -0.4 is 66.8 Å². The summed E-state index contributed by atoms with van der Waals surface area (Å²) in [4.78, 5) is 27.6. The highest BCUT2D eigenvalue weighted by atomic mass is 35.5. The number of benzene rings is 6. The Labute approximate surface area is 805 Å². The number of amidine groups is 6. The summed E-state index contributed by atoms with van der Waals surface area (Å²) < 4.78 is 55.5. The van der Waals surface area contributed by atoms with Crippen molar-refractivity contribution >= 4 is 119 Å². The van der Waals surface area contributed by atoms with Gasteiger partial charge in [0.05, 0.1) is 66.4 Å². The van der Waals surface area contributed by atoms with Gasteiger partial charge in [0.2, 0.25) is 16.6 Å². The van der Waals surface area contributed by atoms with Crippen LogP contribution in [0.5, 0.6) is 0 Å². The van der Waals surface area contributed by atoms with Crippen LogP contribution in [0.2, 0.25) is 5.02 Å². The normalized spacial score (nSPS) is 11.8. The first-order valence-corrected chi connectivity index (χ1v) is 45.0. The topological polar surface area (TPSA) is 377 Å². The van der Waals surface area contributed by atoms with Gasteiger partial charge in [-0.15, -0.1) is 13.9 Å². The molecule has 1 aliphatic heterocycles. The first-order valence-electron chi connectivity index (χ1n) is 44.6. The lowest BCUT2D eigenvalue weighted by atomic mass is 10.1. The second kappa shape index (κ2) is 43.0. The zero-order valence-electron chi connectivity index (χ0n) is 77.6. The number of halogens is 3. The van der Waals surface area contributed by atoms with E-state index < -0.39 is 5.82 Å². The molecule has 6 aromatic carbocycles. The molecule has 0 saturated heterocycles. The summed E-state index contributed by atoms with van der Waals surface area (Å²) in [6.45, 7) is 6.05. The quantitative estimate of drug-likeness (QED) is 0.0185. The van der Waals surface area contributed by atoms with Gasteiger partial charge in [-0.1, -0.05) is 121 Å². The molecule has 33 heteroatoms. The summed E-state index contributed by atoms with van der Waals surface area (Å²) in [7, 11) is 12.1. The summed E-state index contributed by atoms with van der Waals surface area (Å²) in [5, 5.41) is 28.0. The smallest absolute Gasteiger partial charge is 0.307 e. The third-order valence-electron chi connectivity index (χ3n) is 23.8. The van der Waals surface area contributed by atoms with E-state index >= 15 is 0 Å². The van der Waals surface area contributed by atoms with Crippen molar-refractivity contribution in [2.75, 3.05) is 11.4 Å². The van der Waals surface area contributed by atoms with Crippen molar-refractivity contribution in [3.05, 3.63) is 438 Å². The van der Waals surface area contributed by atoms with Gasteiger partial charge >= 0.3 is 5.65 Å². The number of nitrogen functional groups attached to an aromatic ring is 3. The van der Waals surface area contributed by atoms with Crippen LogP contribution in [-0.4, -0.2) is 93.9 Å². The molecule has 139 heavy (non-hydrogen) atoms. The number of rotatable bonds is 21. The van der Waals surface area contributed by atoms with Crippen molar-refractivity contribution in [3.8, 4) is 0 Å². The molecule has 0 saturated carbocycles. The van der Waals surface area contributed by atoms with E-state index in [0.29, 0.717) is 53.8 Å². The molecule has 15 heterocycles. The molecule has 30 nitrogen and oxygen atoms in total. The van der Waals surface area contributed by atoms with E-state index in [4.69, 9.17) is 62.2 Å². The average Bonchev–Trinajstić information content (AvgIpc) is 1.67. The minimum Gasteiger partial charge on any atom is -0.384 e. The van der Waals surface area contributed by atoms with E-state index in [9.17, 15) is 8.78 Å². The minimum absolute atomic E-state index is 0.106. The first kappa shape index (κ1) is 94.4. The molecule has 15 N–H and O–H groups in total. The van der Waals surface area contributed by atoms with Crippen molar-refractivity contribution in [1.82, 2.24) is 52.3 Å². The molecule has 696 valence electrons. The van der Waals surface area contributed by atoms with Gasteiger partial charge in [0.25, 0.3) is 0 Å². The average molecular weight is 1870 g/mol. The molecule has 0 fully saturated rings. The van der Waals surface area contributed by atoms with Crippen LogP contribution in [0.25, 0.3) is 49.7 Å². The molecule has 0 bridgehead atoms. The fourth-order valence-corrected chi connectivity index (χ4v) is 16.5. The van der Waals surface area contributed by atoms with Gasteiger partial charge < -0.3 is 53.0 Å². The maximum Gasteiger partial charge on any atom is 0.307 e. The second-order valence-electron chi connectivity index (χ2n) is 33.4. The lowest BCUT2D eigenvalue weighted by Crippen LogP contribution is -2.37. The Morgan fingerprint density at radius 1 is 0.417 bits per heavy atom. The highest BCUT2D eigenvalue weighted by molar-refractivity contribution is 6.31. The third kappa shape index (κ3) is 23.0. The maximum absolute atomic E-state index is 14.3. The molecule has 0 radical (unpaired) electrons. The SMILES string of the molecule is C[n+]1ccc2c(cnn2Cc2ccc(C(N)=Nc3ccncc3)cc2)c1.C[n+]1ccc2n1CCN2Cc1ccc(C(N)=Nc2ccncc2)cc1.C[n+]1cccc2c1ccn2Cc1c(F)cc(C(=N)N)cc1Cl.C[n+]1cccc2c1ccn2Cc1ccc(C(=N)N)cc1.C[n+]1cccc2c1ccn2Cc1ccc(C(=N)N)cc1F.Cn1ccc2n1cc[n+]2Cc1ccc(C(N)=Nc2ccncc2)cc1. The van der Waals surface area contributed by atoms with Gasteiger partial charge in [-0.3, -0.25) is 35.9 Å². The van der Waals surface area contributed by atoms with Crippen LogP contribution in [-0.2, 0) is 88.1 Å². The number of anilines is 1. The Kier molecular flexibility index (Phi) is 29.2. The van der Waals surface area contributed by atoms with Gasteiger partial charge in [-0.05, 0) is 95.1 Å². The lowest BCUT2D eigenvalue weighted by Gasteiger charge is -2.16. The van der Waals surface area contributed by atoms with E-state index in [0.717, 1.165) is 116 Å². The van der Waals surface area contributed by atoms with Crippen LogP contribution in [0.1, 0.15) is 66.8 Å². The highest BCUT2D eigenvalue weighted by Crippen LogP contribution is 2.28. The largest absolute Gasteiger partial charge is 0.384 e. The Morgan fingerprint density at radius 3 is 1.36 bits per heavy atom. The van der Waals surface area contributed by atoms with Crippen LogP contribution in [0.4, 0.5) is 31.7 Å². The van der Waals surface area contributed by atoms with E-state index in [-0.39, 0.29) is 33.9 Å². The van der Waals surface area contributed by atoms with Crippen molar-refractivity contribution in [3.63, 3.8) is 0 Å². The Morgan fingerprint density at radius 2 is 0.871 bits per heavy atom. The van der Waals surface area contributed by atoms with Crippen molar-refractivity contribution in [2.45, 2.75) is 45.8 Å². The number of nitrogens with zero attached hydrogens (tertiary/aromatic N) is 21. The minimum atomic E-state index is -0.458. The maximum atomic E-state index is 14.3. The first-order chi connectivity index (χ1) is 67.3. The monoisotopic (exact) mass is 1870 g/mol. The number of hydrogen-bond donors (Lipinski definition) is 9. The predicted octanol–water partition coefficient (Wildman–Crippen LogP) is 12.5. The molecule has 20 aromatic rings. The van der Waals surface area contributed by atoms with Gasteiger partial charge in [-0.25, -0.2) is 37.6 Å². The summed E-state index contributed by atoms with van der Waals surface area (Å²) >= 11 is 6.17. The van der Waals surface area contributed by atoms with Gasteiger partial charge in [-0.2, -0.15) is 18.8 Å². The molecule has 0 aliphatic carbocycles. The highest BCUT2D eigenvalue weighted by Gasteiger charge is 2.26. The fourth-order valence-electron chi connectivity index (χ4n) is 16.2. The predicted molar refractivity (Wildman–Crippen MR) is 539 cm³/mol. The van der Waals surface area contributed by atoms with E-state index in [1.165, 1.54) is 51.7 Å². The zero-order chi connectivity index (χ0) is 97.3. The van der Waals surface area contributed by atoms with Crippen molar-refractivity contribution < 1.29 is 36.3 Å². The Bertz CT molecular complexity index is 7850. The van der Waals surface area contributed by atoms with Crippen molar-refractivity contribution in [2.24, 2.45) is 91.7 Å². The lowest BCUT2D eigenvalue weighted by molar-refractivity contribution is -0.751. The summed E-state index contributed by atoms with van der Waals surface area (Å²) in [5.41, 5.74) is 55.8. The van der Waals surface area contributed by atoms with Gasteiger partial charge in [0.15, 0.2) is 56.2 Å². The van der Waals surface area contributed by atoms with Crippen LogP contribution >= 0.6 is 11.6 Å². The number of pyridine rings is 7. The summed E-state index contributed by atoms with van der Waals surface area (Å²) in [6, 6.07) is 75.4. The number of hydrogen-bond acceptors (Lipinski definition) is 11. The number of aliphatic imine (C=N–C) groups is 3. The number of fused-ring (bicyclic) bond motifs is 6. The van der Waals surface area contributed by atoms with Crippen LogP contribution in [0, 0.1) is 27.9 Å². The Hall–Kier alpha value is -17.8. The molecule has 0 unspecified atom stereocenters. The molecule has 0 amide bonds. The van der Waals surface area contributed by atoms with Gasteiger partial charge in [0, 0.05) is 187 Å².